The van der Waals surface area contributed by atoms with Crippen LogP contribution >= 0.6 is 24.4 Å². The second kappa shape index (κ2) is 10.2. The lowest BCUT2D eigenvalue weighted by molar-refractivity contribution is 0.0827. The summed E-state index contributed by atoms with van der Waals surface area (Å²) in [5.74, 6) is -0.244. The molecule has 0 spiro atoms. The molecule has 1 aromatic rings. The second-order valence-electron chi connectivity index (χ2n) is 5.10. The van der Waals surface area contributed by atoms with Crippen LogP contribution in [0.5, 0.6) is 0 Å². The molecule has 0 aliphatic heterocycles. The topological polar surface area (TPSA) is 121 Å². The Hall–Kier alpha value is -2.99. The maximum atomic E-state index is 12.2. The summed E-state index contributed by atoms with van der Waals surface area (Å²) >= 11 is 10.1. The van der Waals surface area contributed by atoms with E-state index < -0.39 is 12.2 Å². The number of ether oxygens (including phenoxy) is 2. The van der Waals surface area contributed by atoms with Gasteiger partial charge < -0.3 is 25.0 Å². The third-order valence-electron chi connectivity index (χ3n) is 2.97. The minimum absolute atomic E-state index is 0.0385. The first-order chi connectivity index (χ1) is 12.7. The van der Waals surface area contributed by atoms with Gasteiger partial charge in [-0.05, 0) is 42.6 Å². The van der Waals surface area contributed by atoms with Crippen molar-refractivity contribution in [3.8, 4) is 0 Å². The van der Waals surface area contributed by atoms with Gasteiger partial charge in [0.05, 0.1) is 25.6 Å². The van der Waals surface area contributed by atoms with E-state index in [-0.39, 0.29) is 16.1 Å². The molecule has 4 N–H and O–H groups in total. The number of carbonyl (C=O) groups excluding carboxylic acids is 3. The normalized spacial score (nSPS) is 9.48. The number of alkyl carbamates (subject to hydrolysis) is 2. The average molecular weight is 413 g/mol. The van der Waals surface area contributed by atoms with Crippen LogP contribution in [0.2, 0.25) is 0 Å². The number of carbonyl (C=O) groups is 3. The predicted molar refractivity (Wildman–Crippen MR) is 108 cm³/mol. The number of amides is 3. The molecular formula is C15H19N5O5S2. The van der Waals surface area contributed by atoms with Crippen LogP contribution in [0.3, 0.4) is 0 Å². The van der Waals surface area contributed by atoms with E-state index in [9.17, 15) is 14.4 Å². The van der Waals surface area contributed by atoms with Crippen molar-refractivity contribution in [1.82, 2.24) is 15.5 Å². The number of rotatable bonds is 3. The average Bonchev–Trinajstić information content (AvgIpc) is 2.61. The van der Waals surface area contributed by atoms with Crippen molar-refractivity contribution in [1.29, 1.82) is 0 Å². The third-order valence-corrected chi connectivity index (χ3v) is 3.38. The molecule has 0 saturated heterocycles. The molecule has 12 heteroatoms. The minimum Gasteiger partial charge on any atom is -0.453 e. The Kier molecular flexibility index (Phi) is 8.35. The monoisotopic (exact) mass is 413 g/mol. The lowest BCUT2D eigenvalue weighted by Crippen LogP contribution is -2.36. The molecule has 146 valence electrons. The molecular weight excluding hydrogens is 394 g/mol. The Morgan fingerprint density at radius 3 is 1.81 bits per heavy atom. The molecule has 0 atom stereocenters. The molecule has 0 fully saturated rings. The Labute approximate surface area is 166 Å². The molecule has 0 aliphatic rings. The zero-order valence-corrected chi connectivity index (χ0v) is 16.7. The van der Waals surface area contributed by atoms with Gasteiger partial charge in [0.25, 0.3) is 5.91 Å². The summed E-state index contributed by atoms with van der Waals surface area (Å²) in [5, 5.41) is 10.0. The van der Waals surface area contributed by atoms with E-state index >= 15 is 0 Å². The first-order valence-corrected chi connectivity index (χ1v) is 8.17. The SMILES string of the molecule is COC(=O)NC(=S)Nc1ccc(C(=O)N(C)C)cc1NC(=S)NC(=O)OC. The van der Waals surface area contributed by atoms with Crippen molar-refractivity contribution in [2.45, 2.75) is 0 Å². The molecule has 1 aromatic carbocycles. The lowest BCUT2D eigenvalue weighted by atomic mass is 10.1. The molecule has 1 rings (SSSR count). The summed E-state index contributed by atoms with van der Waals surface area (Å²) in [6.07, 6.45) is -1.50. The van der Waals surface area contributed by atoms with E-state index in [0.717, 1.165) is 0 Å². The standard InChI is InChI=1S/C15H19N5O5S2/c1-20(2)11(21)8-5-6-9(16-12(26)18-14(22)24-3)10(7-8)17-13(27)19-15(23)25-4/h5-7H,1-4H3,(H2,16,18,22,26)(H2,17,19,23,27). The van der Waals surface area contributed by atoms with Crippen LogP contribution in [0.25, 0.3) is 0 Å². The van der Waals surface area contributed by atoms with Crippen molar-refractivity contribution in [3.63, 3.8) is 0 Å². The molecule has 10 nitrogen and oxygen atoms in total. The van der Waals surface area contributed by atoms with Gasteiger partial charge in [0.1, 0.15) is 0 Å². The fraction of sp³-hybridized carbons (Fsp3) is 0.267. The number of anilines is 2. The predicted octanol–water partition coefficient (Wildman–Crippen LogP) is 1.49. The molecule has 0 radical (unpaired) electrons. The van der Waals surface area contributed by atoms with E-state index in [1.165, 1.54) is 25.2 Å². The van der Waals surface area contributed by atoms with E-state index in [2.05, 4.69) is 30.7 Å². The van der Waals surface area contributed by atoms with Crippen LogP contribution < -0.4 is 21.3 Å². The summed E-state index contributed by atoms with van der Waals surface area (Å²) in [6, 6.07) is 4.63. The van der Waals surface area contributed by atoms with Crippen molar-refractivity contribution >= 4 is 64.1 Å². The molecule has 3 amide bonds. The fourth-order valence-corrected chi connectivity index (χ4v) is 2.13. The second-order valence-corrected chi connectivity index (χ2v) is 5.92. The molecule has 0 bridgehead atoms. The van der Waals surface area contributed by atoms with Crippen LogP contribution in [0.1, 0.15) is 10.4 Å². The van der Waals surface area contributed by atoms with Gasteiger partial charge in [0.15, 0.2) is 10.2 Å². The van der Waals surface area contributed by atoms with Crippen LogP contribution in [-0.2, 0) is 9.47 Å². The summed E-state index contributed by atoms with van der Waals surface area (Å²) in [7, 11) is 5.61. The van der Waals surface area contributed by atoms with Gasteiger partial charge in [0, 0.05) is 19.7 Å². The Balaban J connectivity index is 3.11. The maximum Gasteiger partial charge on any atom is 0.413 e. The van der Waals surface area contributed by atoms with Crippen LogP contribution in [-0.4, -0.2) is 61.5 Å². The van der Waals surface area contributed by atoms with Gasteiger partial charge in [-0.2, -0.15) is 0 Å². The molecule has 0 heterocycles. The van der Waals surface area contributed by atoms with Crippen molar-refractivity contribution in [2.24, 2.45) is 0 Å². The number of benzene rings is 1. The van der Waals surface area contributed by atoms with Gasteiger partial charge in [-0.25, -0.2) is 9.59 Å². The maximum absolute atomic E-state index is 12.2. The third kappa shape index (κ3) is 7.03. The van der Waals surface area contributed by atoms with Gasteiger partial charge in [-0.1, -0.05) is 0 Å². The summed E-state index contributed by atoms with van der Waals surface area (Å²) in [5.41, 5.74) is 1.08. The highest BCUT2D eigenvalue weighted by Crippen LogP contribution is 2.24. The highest BCUT2D eigenvalue weighted by atomic mass is 32.1. The highest BCUT2D eigenvalue weighted by molar-refractivity contribution is 7.80. The first kappa shape index (κ1) is 22.1. The quantitative estimate of drug-likeness (QED) is 0.546. The molecule has 0 aliphatic carbocycles. The first-order valence-electron chi connectivity index (χ1n) is 7.35. The number of thiocarbonyl (C=S) groups is 2. The van der Waals surface area contributed by atoms with Crippen molar-refractivity contribution in [2.75, 3.05) is 38.9 Å². The van der Waals surface area contributed by atoms with Crippen LogP contribution in [0.4, 0.5) is 21.0 Å². The summed E-state index contributed by atoms with van der Waals surface area (Å²) in [6.45, 7) is 0. The van der Waals surface area contributed by atoms with E-state index in [1.807, 2.05) is 0 Å². The molecule has 27 heavy (non-hydrogen) atoms. The van der Waals surface area contributed by atoms with E-state index in [1.54, 1.807) is 26.2 Å². The van der Waals surface area contributed by atoms with Gasteiger partial charge in [-0.15, -0.1) is 0 Å². The van der Waals surface area contributed by atoms with Crippen LogP contribution in [0, 0.1) is 0 Å². The van der Waals surface area contributed by atoms with E-state index in [4.69, 9.17) is 24.4 Å². The number of hydrogen-bond acceptors (Lipinski definition) is 7. The number of nitrogens with one attached hydrogen (secondary N) is 4. The van der Waals surface area contributed by atoms with Crippen LogP contribution in [0.15, 0.2) is 18.2 Å². The van der Waals surface area contributed by atoms with E-state index in [0.29, 0.717) is 16.9 Å². The zero-order chi connectivity index (χ0) is 20.6. The number of hydrogen-bond donors (Lipinski definition) is 4. The fourth-order valence-electron chi connectivity index (χ4n) is 1.74. The molecule has 0 unspecified atom stereocenters. The Bertz CT molecular complexity index is 769. The Morgan fingerprint density at radius 2 is 1.37 bits per heavy atom. The Morgan fingerprint density at radius 1 is 0.889 bits per heavy atom. The van der Waals surface area contributed by atoms with Gasteiger partial charge in [-0.3, -0.25) is 15.4 Å². The van der Waals surface area contributed by atoms with Gasteiger partial charge in [0.2, 0.25) is 0 Å². The largest absolute Gasteiger partial charge is 0.453 e. The minimum atomic E-state index is -0.759. The zero-order valence-electron chi connectivity index (χ0n) is 15.0. The van der Waals surface area contributed by atoms with Gasteiger partial charge >= 0.3 is 12.2 Å². The summed E-state index contributed by atoms with van der Waals surface area (Å²) in [4.78, 5) is 36.1. The van der Waals surface area contributed by atoms with Crippen molar-refractivity contribution in [3.05, 3.63) is 23.8 Å². The summed E-state index contributed by atoms with van der Waals surface area (Å²) < 4.78 is 8.93. The lowest BCUT2D eigenvalue weighted by Gasteiger charge is -2.17. The number of nitrogens with zero attached hydrogens (tertiary/aromatic N) is 1. The highest BCUT2D eigenvalue weighted by Gasteiger charge is 2.14. The number of methoxy groups -OCH3 is 2. The molecule has 0 aromatic heterocycles. The smallest absolute Gasteiger partial charge is 0.413 e. The molecule has 0 saturated carbocycles. The van der Waals surface area contributed by atoms with Crippen molar-refractivity contribution < 1.29 is 23.9 Å².